The molecule has 0 unspecified atom stereocenters. The highest BCUT2D eigenvalue weighted by Gasteiger charge is 2.36. The lowest BCUT2D eigenvalue weighted by Crippen LogP contribution is -2.36. The third-order valence-electron chi connectivity index (χ3n) is 3.57. The standard InChI is InChI=1S/C18H11BrCl2N2O3S/c19-12-3-1-2-4-14(12)22-16(24)9-23-17(25)15(27-18(23)26)7-10-5-6-11(20)8-13(10)21/h1-8H,9H2,(H,22,24)/b15-7+. The van der Waals surface area contributed by atoms with Gasteiger partial charge in [0.05, 0.1) is 10.6 Å². The highest BCUT2D eigenvalue weighted by molar-refractivity contribution is 9.10. The van der Waals surface area contributed by atoms with Gasteiger partial charge in [-0.05, 0) is 63.6 Å². The predicted octanol–water partition coefficient (Wildman–Crippen LogP) is 5.43. The average molecular weight is 486 g/mol. The molecule has 1 saturated heterocycles. The Morgan fingerprint density at radius 3 is 2.63 bits per heavy atom. The lowest BCUT2D eigenvalue weighted by atomic mass is 10.2. The van der Waals surface area contributed by atoms with Crippen LogP contribution >= 0.6 is 50.9 Å². The fourth-order valence-corrected chi connectivity index (χ4v) is 3.97. The number of carbonyl (C=O) groups is 3. The SMILES string of the molecule is O=C(CN1C(=O)S/C(=C/c2ccc(Cl)cc2Cl)C1=O)Nc1ccccc1Br. The first-order chi connectivity index (χ1) is 12.8. The Kier molecular flexibility index (Phi) is 6.26. The molecule has 27 heavy (non-hydrogen) atoms. The molecule has 2 aromatic rings. The first-order valence-corrected chi connectivity index (χ1v) is 9.96. The number of nitrogens with zero attached hydrogens (tertiary/aromatic N) is 1. The molecule has 3 amide bonds. The van der Waals surface area contributed by atoms with E-state index in [2.05, 4.69) is 21.2 Å². The lowest BCUT2D eigenvalue weighted by molar-refractivity contribution is -0.127. The van der Waals surface area contributed by atoms with Crippen LogP contribution < -0.4 is 5.32 Å². The van der Waals surface area contributed by atoms with Crippen molar-refractivity contribution in [2.75, 3.05) is 11.9 Å². The summed E-state index contributed by atoms with van der Waals surface area (Å²) in [4.78, 5) is 38.0. The maximum Gasteiger partial charge on any atom is 0.294 e. The lowest BCUT2D eigenvalue weighted by Gasteiger charge is -2.13. The van der Waals surface area contributed by atoms with Gasteiger partial charge in [0.2, 0.25) is 5.91 Å². The van der Waals surface area contributed by atoms with E-state index in [1.807, 2.05) is 6.07 Å². The van der Waals surface area contributed by atoms with E-state index in [9.17, 15) is 14.4 Å². The molecule has 0 aromatic heterocycles. The van der Waals surface area contributed by atoms with Crippen LogP contribution in [0.4, 0.5) is 10.5 Å². The molecule has 1 aliphatic heterocycles. The van der Waals surface area contributed by atoms with E-state index in [0.29, 0.717) is 25.8 Å². The largest absolute Gasteiger partial charge is 0.324 e. The van der Waals surface area contributed by atoms with Gasteiger partial charge in [-0.15, -0.1) is 0 Å². The van der Waals surface area contributed by atoms with Crippen molar-refractivity contribution in [2.24, 2.45) is 0 Å². The number of rotatable bonds is 4. The molecule has 0 atom stereocenters. The summed E-state index contributed by atoms with van der Waals surface area (Å²) in [6, 6.07) is 11.9. The summed E-state index contributed by atoms with van der Waals surface area (Å²) in [6.07, 6.45) is 1.51. The molecule has 1 fully saturated rings. The zero-order valence-corrected chi connectivity index (χ0v) is 17.5. The fraction of sp³-hybridized carbons (Fsp3) is 0.0556. The number of hydrogen-bond acceptors (Lipinski definition) is 4. The van der Waals surface area contributed by atoms with Gasteiger partial charge in [-0.2, -0.15) is 0 Å². The quantitative estimate of drug-likeness (QED) is 0.586. The molecule has 3 rings (SSSR count). The second-order valence-corrected chi connectivity index (χ2v) is 8.15. The smallest absolute Gasteiger partial charge is 0.294 e. The van der Waals surface area contributed by atoms with E-state index >= 15 is 0 Å². The molecule has 1 heterocycles. The van der Waals surface area contributed by atoms with Crippen LogP contribution in [0.2, 0.25) is 10.0 Å². The average Bonchev–Trinajstić information content (AvgIpc) is 2.87. The van der Waals surface area contributed by atoms with E-state index in [-0.39, 0.29) is 11.4 Å². The Morgan fingerprint density at radius 1 is 1.19 bits per heavy atom. The van der Waals surface area contributed by atoms with Crippen molar-refractivity contribution in [2.45, 2.75) is 0 Å². The van der Waals surface area contributed by atoms with Crippen molar-refractivity contribution < 1.29 is 14.4 Å². The number of carbonyl (C=O) groups excluding carboxylic acids is 3. The van der Waals surface area contributed by atoms with Crippen molar-refractivity contribution in [3.8, 4) is 0 Å². The summed E-state index contributed by atoms with van der Waals surface area (Å²) in [6.45, 7) is -0.377. The molecule has 0 bridgehead atoms. The molecule has 0 aliphatic carbocycles. The number of imide groups is 1. The number of benzene rings is 2. The van der Waals surface area contributed by atoms with Gasteiger partial charge in [0.1, 0.15) is 6.54 Å². The number of anilines is 1. The second kappa shape index (κ2) is 8.48. The van der Waals surface area contributed by atoms with Gasteiger partial charge in [-0.25, -0.2) is 0 Å². The van der Waals surface area contributed by atoms with Crippen LogP contribution in [0.25, 0.3) is 6.08 Å². The van der Waals surface area contributed by atoms with Crippen molar-refractivity contribution in [1.29, 1.82) is 0 Å². The van der Waals surface area contributed by atoms with Crippen LogP contribution in [0, 0.1) is 0 Å². The maximum atomic E-state index is 12.5. The highest BCUT2D eigenvalue weighted by Crippen LogP contribution is 2.34. The topological polar surface area (TPSA) is 66.5 Å². The van der Waals surface area contributed by atoms with Gasteiger partial charge in [0.25, 0.3) is 11.1 Å². The van der Waals surface area contributed by atoms with E-state index in [1.165, 1.54) is 6.08 Å². The minimum Gasteiger partial charge on any atom is -0.324 e. The molecule has 1 N–H and O–H groups in total. The summed E-state index contributed by atoms with van der Waals surface area (Å²) in [7, 11) is 0. The zero-order valence-electron chi connectivity index (χ0n) is 13.5. The number of thioether (sulfide) groups is 1. The van der Waals surface area contributed by atoms with Crippen LogP contribution in [0.15, 0.2) is 51.8 Å². The summed E-state index contributed by atoms with van der Waals surface area (Å²) in [5.41, 5.74) is 1.11. The first kappa shape index (κ1) is 19.9. The van der Waals surface area contributed by atoms with Crippen LogP contribution in [0.5, 0.6) is 0 Å². The zero-order chi connectivity index (χ0) is 19.6. The fourth-order valence-electron chi connectivity index (χ4n) is 2.29. The minimum atomic E-state index is -0.543. The van der Waals surface area contributed by atoms with E-state index in [4.69, 9.17) is 23.2 Å². The van der Waals surface area contributed by atoms with Crippen molar-refractivity contribution in [3.63, 3.8) is 0 Å². The molecule has 5 nitrogen and oxygen atoms in total. The molecular weight excluding hydrogens is 475 g/mol. The number of para-hydroxylation sites is 1. The summed E-state index contributed by atoms with van der Waals surface area (Å²) in [5.74, 6) is -1.02. The number of nitrogens with one attached hydrogen (secondary N) is 1. The first-order valence-electron chi connectivity index (χ1n) is 7.60. The van der Waals surface area contributed by atoms with Crippen LogP contribution in [0.3, 0.4) is 0 Å². The molecule has 0 spiro atoms. The van der Waals surface area contributed by atoms with E-state index < -0.39 is 17.1 Å². The summed E-state index contributed by atoms with van der Waals surface area (Å²) < 4.78 is 0.699. The maximum absolute atomic E-state index is 12.5. The van der Waals surface area contributed by atoms with Gasteiger partial charge >= 0.3 is 0 Å². The van der Waals surface area contributed by atoms with Gasteiger partial charge < -0.3 is 5.32 Å². The number of amides is 3. The monoisotopic (exact) mass is 484 g/mol. The van der Waals surface area contributed by atoms with Gasteiger partial charge in [-0.3, -0.25) is 19.3 Å². The van der Waals surface area contributed by atoms with Crippen molar-refractivity contribution in [1.82, 2.24) is 4.90 Å². The number of halogens is 3. The molecule has 2 aromatic carbocycles. The Labute approximate surface area is 177 Å². The van der Waals surface area contributed by atoms with Crippen molar-refractivity contribution in [3.05, 3.63) is 67.5 Å². The Balaban J connectivity index is 1.73. The molecule has 138 valence electrons. The van der Waals surface area contributed by atoms with Gasteiger partial charge in [-0.1, -0.05) is 41.4 Å². The Hall–Kier alpha value is -1.80. The normalized spacial score (nSPS) is 15.5. The summed E-state index contributed by atoms with van der Waals surface area (Å²) in [5, 5.41) is 2.98. The second-order valence-electron chi connectivity index (χ2n) is 5.46. The highest BCUT2D eigenvalue weighted by atomic mass is 79.9. The molecule has 1 aliphatic rings. The van der Waals surface area contributed by atoms with Crippen molar-refractivity contribution >= 4 is 79.7 Å². The minimum absolute atomic E-state index is 0.193. The molecule has 0 radical (unpaired) electrons. The van der Waals surface area contributed by atoms with Crippen LogP contribution in [-0.4, -0.2) is 28.5 Å². The Morgan fingerprint density at radius 2 is 1.93 bits per heavy atom. The van der Waals surface area contributed by atoms with Crippen LogP contribution in [0.1, 0.15) is 5.56 Å². The summed E-state index contributed by atoms with van der Waals surface area (Å²) >= 11 is 16.0. The van der Waals surface area contributed by atoms with E-state index in [0.717, 1.165) is 16.7 Å². The number of hydrogen-bond donors (Lipinski definition) is 1. The third kappa shape index (κ3) is 4.73. The Bertz CT molecular complexity index is 981. The van der Waals surface area contributed by atoms with E-state index in [1.54, 1.807) is 36.4 Å². The predicted molar refractivity (Wildman–Crippen MR) is 112 cm³/mol. The molecule has 9 heteroatoms. The molecule has 0 saturated carbocycles. The van der Waals surface area contributed by atoms with Gasteiger partial charge in [0.15, 0.2) is 0 Å². The third-order valence-corrected chi connectivity index (χ3v) is 5.73. The molecular formula is C18H11BrCl2N2O3S. The van der Waals surface area contributed by atoms with Gasteiger partial charge in [0, 0.05) is 14.5 Å². The van der Waals surface area contributed by atoms with Crippen LogP contribution in [-0.2, 0) is 9.59 Å².